The van der Waals surface area contributed by atoms with Crippen molar-refractivity contribution >= 4 is 15.9 Å². The minimum absolute atomic E-state index is 0.0999. The van der Waals surface area contributed by atoms with Crippen LogP contribution in [-0.4, -0.2) is 11.2 Å². The van der Waals surface area contributed by atoms with Crippen LogP contribution in [-0.2, 0) is 6.42 Å². The van der Waals surface area contributed by atoms with Crippen LogP contribution in [0.1, 0.15) is 44.6 Å². The van der Waals surface area contributed by atoms with E-state index in [-0.39, 0.29) is 6.10 Å². The number of aliphatic hydroxyl groups is 1. The molecule has 100 valence electrons. The summed E-state index contributed by atoms with van der Waals surface area (Å²) in [7, 11) is 0. The van der Waals surface area contributed by atoms with Gasteiger partial charge in [-0.05, 0) is 55.2 Å². The zero-order valence-electron chi connectivity index (χ0n) is 11.1. The van der Waals surface area contributed by atoms with Crippen LogP contribution in [0.5, 0.6) is 0 Å². The van der Waals surface area contributed by atoms with Crippen molar-refractivity contribution in [3.05, 3.63) is 34.3 Å². The molecule has 0 radical (unpaired) electrons. The van der Waals surface area contributed by atoms with Gasteiger partial charge in [0.25, 0.3) is 0 Å². The largest absolute Gasteiger partial charge is 0.393 e. The fourth-order valence-corrected chi connectivity index (χ4v) is 3.65. The van der Waals surface area contributed by atoms with Crippen LogP contribution in [0.3, 0.4) is 0 Å². The molecule has 18 heavy (non-hydrogen) atoms. The second-order valence-corrected chi connectivity index (χ2v) is 6.54. The summed E-state index contributed by atoms with van der Waals surface area (Å²) in [4.78, 5) is 0. The maximum Gasteiger partial charge on any atom is 0.0571 e. The predicted molar refractivity (Wildman–Crippen MR) is 79.6 cm³/mol. The van der Waals surface area contributed by atoms with Crippen LogP contribution in [0.15, 0.2) is 28.7 Å². The highest BCUT2D eigenvalue weighted by Crippen LogP contribution is 2.34. The molecule has 0 spiro atoms. The standard InChI is InChI=1S/C16H23BrO/c1-2-4-12-7-8-16(18)14(9-12)10-13-5-3-6-15(17)11-13/h3,5-6,11-12,14,16,18H,2,4,7-10H2,1H3. The van der Waals surface area contributed by atoms with Gasteiger partial charge < -0.3 is 5.11 Å². The third-order valence-electron chi connectivity index (χ3n) is 4.13. The van der Waals surface area contributed by atoms with E-state index in [2.05, 4.69) is 47.1 Å². The molecule has 0 saturated heterocycles. The summed E-state index contributed by atoms with van der Waals surface area (Å²) < 4.78 is 1.13. The lowest BCUT2D eigenvalue weighted by Crippen LogP contribution is -2.30. The first kappa shape index (κ1) is 14.1. The molecule has 3 atom stereocenters. The van der Waals surface area contributed by atoms with Gasteiger partial charge in [-0.15, -0.1) is 0 Å². The second-order valence-electron chi connectivity index (χ2n) is 5.63. The van der Waals surface area contributed by atoms with E-state index < -0.39 is 0 Å². The first-order chi connectivity index (χ1) is 8.69. The number of hydrogen-bond acceptors (Lipinski definition) is 1. The third-order valence-corrected chi connectivity index (χ3v) is 4.63. The van der Waals surface area contributed by atoms with E-state index in [9.17, 15) is 5.11 Å². The van der Waals surface area contributed by atoms with Crippen molar-refractivity contribution < 1.29 is 5.11 Å². The third kappa shape index (κ3) is 3.83. The lowest BCUT2D eigenvalue weighted by molar-refractivity contribution is 0.0463. The number of rotatable bonds is 4. The summed E-state index contributed by atoms with van der Waals surface area (Å²) >= 11 is 3.52. The Labute approximate surface area is 119 Å². The highest BCUT2D eigenvalue weighted by Gasteiger charge is 2.28. The normalized spacial score (nSPS) is 28.3. The van der Waals surface area contributed by atoms with Crippen molar-refractivity contribution in [2.75, 3.05) is 0 Å². The van der Waals surface area contributed by atoms with Gasteiger partial charge in [-0.1, -0.05) is 47.8 Å². The summed E-state index contributed by atoms with van der Waals surface area (Å²) in [6.07, 6.45) is 6.90. The van der Waals surface area contributed by atoms with Crippen LogP contribution in [0.25, 0.3) is 0 Å². The number of hydrogen-bond donors (Lipinski definition) is 1. The Bertz CT molecular complexity index is 377. The van der Waals surface area contributed by atoms with Crippen LogP contribution < -0.4 is 0 Å². The first-order valence-corrected chi connectivity index (χ1v) is 7.91. The van der Waals surface area contributed by atoms with Crippen LogP contribution in [0, 0.1) is 11.8 Å². The predicted octanol–water partition coefficient (Wildman–Crippen LogP) is 4.57. The highest BCUT2D eigenvalue weighted by molar-refractivity contribution is 9.10. The number of aliphatic hydroxyl groups excluding tert-OH is 1. The Morgan fingerprint density at radius 2 is 2.17 bits per heavy atom. The molecule has 1 N–H and O–H groups in total. The van der Waals surface area contributed by atoms with Gasteiger partial charge in [-0.25, -0.2) is 0 Å². The summed E-state index contributed by atoms with van der Waals surface area (Å²) in [5.74, 6) is 1.28. The van der Waals surface area contributed by atoms with E-state index in [1.807, 2.05) is 0 Å². The average molecular weight is 311 g/mol. The molecule has 0 bridgehead atoms. The zero-order chi connectivity index (χ0) is 13.0. The molecular weight excluding hydrogens is 288 g/mol. The van der Waals surface area contributed by atoms with Crippen molar-refractivity contribution in [2.45, 2.75) is 51.6 Å². The fraction of sp³-hybridized carbons (Fsp3) is 0.625. The van der Waals surface area contributed by atoms with E-state index >= 15 is 0 Å². The SMILES string of the molecule is CCCC1CCC(O)C(Cc2cccc(Br)c2)C1. The fourth-order valence-electron chi connectivity index (χ4n) is 3.20. The van der Waals surface area contributed by atoms with Gasteiger partial charge in [0, 0.05) is 4.47 Å². The Hall–Kier alpha value is -0.340. The first-order valence-electron chi connectivity index (χ1n) is 7.11. The van der Waals surface area contributed by atoms with E-state index in [0.29, 0.717) is 5.92 Å². The Balaban J connectivity index is 1.98. The molecule has 1 saturated carbocycles. The lowest BCUT2D eigenvalue weighted by atomic mass is 9.75. The van der Waals surface area contributed by atoms with Crippen LogP contribution in [0.4, 0.5) is 0 Å². The molecule has 1 aromatic rings. The van der Waals surface area contributed by atoms with Gasteiger partial charge in [0.2, 0.25) is 0 Å². The van der Waals surface area contributed by atoms with Crippen molar-refractivity contribution in [1.29, 1.82) is 0 Å². The van der Waals surface area contributed by atoms with E-state index in [1.54, 1.807) is 0 Å². The van der Waals surface area contributed by atoms with E-state index in [0.717, 1.165) is 23.2 Å². The molecule has 0 amide bonds. The monoisotopic (exact) mass is 310 g/mol. The van der Waals surface area contributed by atoms with Crippen molar-refractivity contribution in [3.63, 3.8) is 0 Å². The lowest BCUT2D eigenvalue weighted by Gasteiger charge is -2.33. The molecule has 0 aliphatic heterocycles. The maximum atomic E-state index is 10.2. The van der Waals surface area contributed by atoms with Gasteiger partial charge in [-0.2, -0.15) is 0 Å². The summed E-state index contributed by atoms with van der Waals surface area (Å²) in [5.41, 5.74) is 1.34. The molecule has 1 fully saturated rings. The molecule has 1 aliphatic rings. The van der Waals surface area contributed by atoms with Crippen molar-refractivity contribution in [3.8, 4) is 0 Å². The van der Waals surface area contributed by atoms with Gasteiger partial charge >= 0.3 is 0 Å². The number of halogens is 1. The van der Waals surface area contributed by atoms with Gasteiger partial charge in [0.1, 0.15) is 0 Å². The topological polar surface area (TPSA) is 20.2 Å². The molecule has 1 nitrogen and oxygen atoms in total. The molecule has 0 heterocycles. The molecular formula is C16H23BrO. The van der Waals surface area contributed by atoms with Crippen LogP contribution >= 0.6 is 15.9 Å². The Kier molecular flexibility index (Phi) is 5.25. The molecule has 1 aliphatic carbocycles. The Morgan fingerprint density at radius 3 is 2.89 bits per heavy atom. The zero-order valence-corrected chi connectivity index (χ0v) is 12.7. The van der Waals surface area contributed by atoms with Gasteiger partial charge in [0.05, 0.1) is 6.10 Å². The Morgan fingerprint density at radius 1 is 1.33 bits per heavy atom. The molecule has 2 rings (SSSR count). The summed E-state index contributed by atoms with van der Waals surface area (Å²) in [5, 5.41) is 10.2. The van der Waals surface area contributed by atoms with Crippen molar-refractivity contribution in [2.24, 2.45) is 11.8 Å². The molecule has 0 aromatic heterocycles. The highest BCUT2D eigenvalue weighted by atomic mass is 79.9. The van der Waals surface area contributed by atoms with Crippen molar-refractivity contribution in [1.82, 2.24) is 0 Å². The minimum atomic E-state index is -0.0999. The molecule has 2 heteroatoms. The second kappa shape index (κ2) is 6.72. The summed E-state index contributed by atoms with van der Waals surface area (Å²) in [6.45, 7) is 2.26. The molecule has 3 unspecified atom stereocenters. The maximum absolute atomic E-state index is 10.2. The average Bonchev–Trinajstić information content (AvgIpc) is 2.34. The minimum Gasteiger partial charge on any atom is -0.393 e. The smallest absolute Gasteiger partial charge is 0.0571 e. The van der Waals surface area contributed by atoms with E-state index in [1.165, 1.54) is 31.2 Å². The quantitative estimate of drug-likeness (QED) is 0.863. The molecule has 1 aromatic carbocycles. The van der Waals surface area contributed by atoms with Gasteiger partial charge in [0.15, 0.2) is 0 Å². The van der Waals surface area contributed by atoms with E-state index in [4.69, 9.17) is 0 Å². The summed E-state index contributed by atoms with van der Waals surface area (Å²) in [6, 6.07) is 8.48. The van der Waals surface area contributed by atoms with Gasteiger partial charge in [-0.3, -0.25) is 0 Å². The van der Waals surface area contributed by atoms with Crippen LogP contribution in [0.2, 0.25) is 0 Å². The number of benzene rings is 1.